The van der Waals surface area contributed by atoms with Gasteiger partial charge in [0, 0.05) is 16.7 Å². The Morgan fingerprint density at radius 2 is 2.06 bits per heavy atom. The van der Waals surface area contributed by atoms with E-state index in [-0.39, 0.29) is 11.3 Å². The summed E-state index contributed by atoms with van der Waals surface area (Å²) in [5, 5.41) is 2.88. The zero-order chi connectivity index (χ0) is 13.1. The number of anilines is 1. The molecule has 4 heteroatoms. The number of carbonyl (C=O) groups is 1. The summed E-state index contributed by atoms with van der Waals surface area (Å²) in [5.74, 6) is -0.118. The molecule has 0 aliphatic heterocycles. The van der Waals surface area contributed by atoms with Crippen molar-refractivity contribution in [3.8, 4) is 0 Å². The molecule has 0 heterocycles. The minimum absolute atomic E-state index is 0.118. The smallest absolute Gasteiger partial charge is 0.253 e. The first-order chi connectivity index (χ1) is 7.79. The molecule has 0 bridgehead atoms. The number of nitrogens with two attached hydrogens (primary N) is 1. The number of carbonyl (C=O) groups excluding carboxylic acids is 1. The molecule has 1 rings (SSSR count). The van der Waals surface area contributed by atoms with Crippen molar-refractivity contribution in [2.75, 3.05) is 12.3 Å². The molecular weight excluding hydrogens is 280 g/mol. The molecule has 1 aromatic rings. The maximum atomic E-state index is 11.9. The van der Waals surface area contributed by atoms with Crippen molar-refractivity contribution in [2.24, 2.45) is 5.41 Å². The maximum Gasteiger partial charge on any atom is 0.253 e. The van der Waals surface area contributed by atoms with Gasteiger partial charge in [-0.05, 0) is 30.0 Å². The van der Waals surface area contributed by atoms with Crippen molar-refractivity contribution in [1.29, 1.82) is 0 Å². The van der Waals surface area contributed by atoms with Crippen LogP contribution in [-0.2, 0) is 0 Å². The third-order valence-electron chi connectivity index (χ3n) is 2.42. The van der Waals surface area contributed by atoms with Crippen molar-refractivity contribution in [1.82, 2.24) is 5.32 Å². The monoisotopic (exact) mass is 298 g/mol. The predicted molar refractivity (Wildman–Crippen MR) is 75.0 cm³/mol. The van der Waals surface area contributed by atoms with E-state index in [0.717, 1.165) is 10.9 Å². The number of amides is 1. The van der Waals surface area contributed by atoms with Crippen LogP contribution in [0.5, 0.6) is 0 Å². The van der Waals surface area contributed by atoms with Crippen LogP contribution in [0.15, 0.2) is 22.7 Å². The molecule has 1 aromatic carbocycles. The van der Waals surface area contributed by atoms with E-state index in [1.54, 1.807) is 12.1 Å². The number of benzene rings is 1. The molecule has 0 unspecified atom stereocenters. The third-order valence-corrected chi connectivity index (χ3v) is 2.91. The van der Waals surface area contributed by atoms with E-state index in [4.69, 9.17) is 5.73 Å². The number of hydrogen-bond donors (Lipinski definition) is 2. The first kappa shape index (κ1) is 14.0. The molecule has 0 aromatic heterocycles. The van der Waals surface area contributed by atoms with E-state index in [1.165, 1.54) is 0 Å². The van der Waals surface area contributed by atoms with E-state index in [9.17, 15) is 4.79 Å². The van der Waals surface area contributed by atoms with Crippen LogP contribution in [0.1, 0.15) is 37.6 Å². The number of nitrogen functional groups attached to an aromatic ring is 1. The quantitative estimate of drug-likeness (QED) is 0.842. The largest absolute Gasteiger partial charge is 0.398 e. The average Bonchev–Trinajstić information content (AvgIpc) is 2.19. The zero-order valence-corrected chi connectivity index (χ0v) is 12.1. The second-order valence-electron chi connectivity index (χ2n) is 5.30. The molecule has 0 aliphatic rings. The van der Waals surface area contributed by atoms with Crippen LogP contribution >= 0.6 is 15.9 Å². The van der Waals surface area contributed by atoms with Gasteiger partial charge >= 0.3 is 0 Å². The lowest BCUT2D eigenvalue weighted by Gasteiger charge is -2.18. The number of rotatable bonds is 3. The van der Waals surface area contributed by atoms with Crippen LogP contribution in [0, 0.1) is 5.41 Å². The van der Waals surface area contributed by atoms with Gasteiger partial charge in [0.1, 0.15) is 0 Å². The maximum absolute atomic E-state index is 11.9. The summed E-state index contributed by atoms with van der Waals surface area (Å²) in [5.41, 5.74) is 7.01. The van der Waals surface area contributed by atoms with Gasteiger partial charge in [-0.25, -0.2) is 0 Å². The molecule has 3 N–H and O–H groups in total. The first-order valence-corrected chi connectivity index (χ1v) is 6.42. The van der Waals surface area contributed by atoms with Crippen LogP contribution in [0.2, 0.25) is 0 Å². The van der Waals surface area contributed by atoms with Gasteiger partial charge in [0.25, 0.3) is 5.91 Å². The van der Waals surface area contributed by atoms with E-state index in [2.05, 4.69) is 42.0 Å². The summed E-state index contributed by atoms with van der Waals surface area (Å²) in [4.78, 5) is 11.9. The van der Waals surface area contributed by atoms with Gasteiger partial charge in [-0.15, -0.1) is 0 Å². The van der Waals surface area contributed by atoms with Crippen molar-refractivity contribution in [3.63, 3.8) is 0 Å². The Kier molecular flexibility index (Phi) is 4.57. The summed E-state index contributed by atoms with van der Waals surface area (Å²) in [6.45, 7) is 7.10. The Hall–Kier alpha value is -1.03. The van der Waals surface area contributed by atoms with E-state index in [0.29, 0.717) is 17.8 Å². The van der Waals surface area contributed by atoms with Crippen LogP contribution in [0.25, 0.3) is 0 Å². The number of halogens is 1. The highest BCUT2D eigenvalue weighted by atomic mass is 79.9. The molecule has 94 valence electrons. The molecular formula is C13H19BrN2O. The van der Waals surface area contributed by atoms with Gasteiger partial charge in [0.05, 0.1) is 5.56 Å². The predicted octanol–water partition coefficient (Wildman–Crippen LogP) is 3.20. The standard InChI is InChI=1S/C13H19BrN2O/c1-13(2,3)6-7-16-12(17)10-8-9(14)4-5-11(10)15/h4-5,8H,6-7,15H2,1-3H3,(H,16,17). The fourth-order valence-electron chi connectivity index (χ4n) is 1.37. The molecule has 0 radical (unpaired) electrons. The van der Waals surface area contributed by atoms with Crippen molar-refractivity contribution in [2.45, 2.75) is 27.2 Å². The lowest BCUT2D eigenvalue weighted by Crippen LogP contribution is -2.27. The second-order valence-corrected chi connectivity index (χ2v) is 6.21. The minimum atomic E-state index is -0.118. The highest BCUT2D eigenvalue weighted by Gasteiger charge is 2.13. The topological polar surface area (TPSA) is 55.1 Å². The van der Waals surface area contributed by atoms with Crippen molar-refractivity contribution < 1.29 is 4.79 Å². The zero-order valence-electron chi connectivity index (χ0n) is 10.5. The lowest BCUT2D eigenvalue weighted by molar-refractivity contribution is 0.0950. The van der Waals surface area contributed by atoms with Crippen molar-refractivity contribution in [3.05, 3.63) is 28.2 Å². The normalized spacial score (nSPS) is 11.3. The third kappa shape index (κ3) is 4.77. The van der Waals surface area contributed by atoms with Crippen LogP contribution < -0.4 is 11.1 Å². The summed E-state index contributed by atoms with van der Waals surface area (Å²) in [6.07, 6.45) is 0.937. The Labute approximate surface area is 111 Å². The SMILES string of the molecule is CC(C)(C)CCNC(=O)c1cc(Br)ccc1N. The second kappa shape index (κ2) is 5.54. The van der Waals surface area contributed by atoms with Crippen LogP contribution in [0.3, 0.4) is 0 Å². The number of hydrogen-bond acceptors (Lipinski definition) is 2. The Morgan fingerprint density at radius 3 is 2.65 bits per heavy atom. The summed E-state index contributed by atoms with van der Waals surface area (Å²) in [7, 11) is 0. The molecule has 0 fully saturated rings. The van der Waals surface area contributed by atoms with Crippen molar-refractivity contribution >= 4 is 27.5 Å². The minimum Gasteiger partial charge on any atom is -0.398 e. The molecule has 0 spiro atoms. The Morgan fingerprint density at radius 1 is 1.41 bits per heavy atom. The Balaban J connectivity index is 2.61. The van der Waals surface area contributed by atoms with Gasteiger partial charge in [0.2, 0.25) is 0 Å². The summed E-state index contributed by atoms with van der Waals surface area (Å²) in [6, 6.07) is 5.28. The van der Waals surface area contributed by atoms with Crippen LogP contribution in [0.4, 0.5) is 5.69 Å². The lowest BCUT2D eigenvalue weighted by atomic mass is 9.92. The highest BCUT2D eigenvalue weighted by Crippen LogP contribution is 2.19. The van der Waals surface area contributed by atoms with E-state index >= 15 is 0 Å². The summed E-state index contributed by atoms with van der Waals surface area (Å²) < 4.78 is 0.854. The molecule has 0 saturated carbocycles. The van der Waals surface area contributed by atoms with Gasteiger partial charge in [-0.2, -0.15) is 0 Å². The first-order valence-electron chi connectivity index (χ1n) is 5.63. The average molecular weight is 299 g/mol. The fraction of sp³-hybridized carbons (Fsp3) is 0.462. The van der Waals surface area contributed by atoms with E-state index < -0.39 is 0 Å². The molecule has 0 atom stereocenters. The van der Waals surface area contributed by atoms with Crippen LogP contribution in [-0.4, -0.2) is 12.5 Å². The van der Waals surface area contributed by atoms with Gasteiger partial charge in [0.15, 0.2) is 0 Å². The molecule has 0 saturated heterocycles. The highest BCUT2D eigenvalue weighted by molar-refractivity contribution is 9.10. The van der Waals surface area contributed by atoms with E-state index in [1.807, 2.05) is 6.07 Å². The molecule has 1 amide bonds. The molecule has 17 heavy (non-hydrogen) atoms. The molecule has 0 aliphatic carbocycles. The van der Waals surface area contributed by atoms with Gasteiger partial charge in [-0.1, -0.05) is 36.7 Å². The fourth-order valence-corrected chi connectivity index (χ4v) is 1.73. The summed E-state index contributed by atoms with van der Waals surface area (Å²) >= 11 is 3.33. The molecule has 3 nitrogen and oxygen atoms in total. The van der Waals surface area contributed by atoms with Gasteiger partial charge < -0.3 is 11.1 Å². The number of nitrogens with one attached hydrogen (secondary N) is 1. The Bertz CT molecular complexity index is 410. The van der Waals surface area contributed by atoms with Gasteiger partial charge in [-0.3, -0.25) is 4.79 Å².